The van der Waals surface area contributed by atoms with Crippen molar-refractivity contribution in [1.29, 1.82) is 0 Å². The van der Waals surface area contributed by atoms with Crippen LogP contribution >= 0.6 is 0 Å². The molecule has 1 atom stereocenters. The van der Waals surface area contributed by atoms with Gasteiger partial charge in [0.15, 0.2) is 0 Å². The maximum atomic E-state index is 11.6. The molecule has 20 heavy (non-hydrogen) atoms. The van der Waals surface area contributed by atoms with Gasteiger partial charge < -0.3 is 10.2 Å². The third-order valence-corrected chi connectivity index (χ3v) is 4.70. The molecule has 114 valence electrons. The van der Waals surface area contributed by atoms with Gasteiger partial charge in [-0.25, -0.2) is 13.1 Å². The van der Waals surface area contributed by atoms with Crippen LogP contribution in [0.2, 0.25) is 0 Å². The van der Waals surface area contributed by atoms with Gasteiger partial charge in [0.05, 0.1) is 4.90 Å². The van der Waals surface area contributed by atoms with Crippen LogP contribution in [0.5, 0.6) is 0 Å². The van der Waals surface area contributed by atoms with E-state index in [9.17, 15) is 8.42 Å². The van der Waals surface area contributed by atoms with Gasteiger partial charge in [0.1, 0.15) is 0 Å². The standard InChI is InChI=1S/C14H25N3O2S/c1-5-17(6-2)11-12(3)16-13-7-9-14(10-8-13)20(18,19)15-4/h7-10,12,15-16H,5-6,11H2,1-4H3. The van der Waals surface area contributed by atoms with E-state index < -0.39 is 10.0 Å². The minimum Gasteiger partial charge on any atom is -0.381 e. The fraction of sp³-hybridized carbons (Fsp3) is 0.571. The van der Waals surface area contributed by atoms with E-state index in [2.05, 4.69) is 35.7 Å². The molecule has 0 aromatic heterocycles. The molecule has 1 rings (SSSR count). The largest absolute Gasteiger partial charge is 0.381 e. The van der Waals surface area contributed by atoms with E-state index in [4.69, 9.17) is 0 Å². The number of rotatable bonds is 8. The molecule has 5 nitrogen and oxygen atoms in total. The summed E-state index contributed by atoms with van der Waals surface area (Å²) >= 11 is 0. The minimum atomic E-state index is -3.36. The van der Waals surface area contributed by atoms with Gasteiger partial charge in [0.25, 0.3) is 0 Å². The number of benzene rings is 1. The number of hydrogen-bond acceptors (Lipinski definition) is 4. The van der Waals surface area contributed by atoms with E-state index in [1.165, 1.54) is 7.05 Å². The summed E-state index contributed by atoms with van der Waals surface area (Å²) in [5.41, 5.74) is 0.930. The molecular formula is C14H25N3O2S. The average molecular weight is 299 g/mol. The van der Waals surface area contributed by atoms with Gasteiger partial charge in [-0.15, -0.1) is 0 Å². The van der Waals surface area contributed by atoms with Gasteiger partial charge in [-0.2, -0.15) is 0 Å². The maximum absolute atomic E-state index is 11.6. The average Bonchev–Trinajstić information content (AvgIpc) is 2.45. The van der Waals surface area contributed by atoms with Crippen molar-refractivity contribution < 1.29 is 8.42 Å². The monoisotopic (exact) mass is 299 g/mol. The van der Waals surface area contributed by atoms with Crippen LogP contribution in [0.1, 0.15) is 20.8 Å². The zero-order chi connectivity index (χ0) is 15.2. The normalized spacial score (nSPS) is 13.4. The Bertz CT molecular complexity index is 496. The Kier molecular flexibility index (Phi) is 6.45. The number of likely N-dealkylation sites (N-methyl/N-ethyl adjacent to an activating group) is 1. The number of nitrogens with one attached hydrogen (secondary N) is 2. The molecule has 0 spiro atoms. The molecule has 0 fully saturated rings. The van der Waals surface area contributed by atoms with Crippen molar-refractivity contribution >= 4 is 15.7 Å². The molecule has 0 aliphatic rings. The van der Waals surface area contributed by atoms with Gasteiger partial charge in [0.2, 0.25) is 10.0 Å². The first-order valence-corrected chi connectivity index (χ1v) is 8.43. The zero-order valence-corrected chi connectivity index (χ0v) is 13.5. The van der Waals surface area contributed by atoms with Crippen LogP contribution in [-0.2, 0) is 10.0 Å². The van der Waals surface area contributed by atoms with Crippen LogP contribution < -0.4 is 10.0 Å². The third-order valence-electron chi connectivity index (χ3n) is 3.27. The molecule has 6 heteroatoms. The predicted molar refractivity (Wildman–Crippen MR) is 83.6 cm³/mol. The number of sulfonamides is 1. The second kappa shape index (κ2) is 7.61. The lowest BCUT2D eigenvalue weighted by Crippen LogP contribution is -2.34. The van der Waals surface area contributed by atoms with Crippen molar-refractivity contribution in [2.75, 3.05) is 32.0 Å². The molecule has 0 amide bonds. The first-order valence-electron chi connectivity index (χ1n) is 6.95. The second-order valence-corrected chi connectivity index (χ2v) is 6.65. The van der Waals surface area contributed by atoms with Crippen molar-refractivity contribution in [3.8, 4) is 0 Å². The summed E-state index contributed by atoms with van der Waals surface area (Å²) in [6.45, 7) is 9.44. The summed E-state index contributed by atoms with van der Waals surface area (Å²) in [7, 11) is -1.95. The topological polar surface area (TPSA) is 61.4 Å². The zero-order valence-electron chi connectivity index (χ0n) is 12.7. The van der Waals surface area contributed by atoms with E-state index in [1.54, 1.807) is 24.3 Å². The molecule has 0 radical (unpaired) electrons. The smallest absolute Gasteiger partial charge is 0.240 e. The van der Waals surface area contributed by atoms with Crippen molar-refractivity contribution in [2.45, 2.75) is 31.7 Å². The van der Waals surface area contributed by atoms with Gasteiger partial charge in [-0.3, -0.25) is 0 Å². The second-order valence-electron chi connectivity index (χ2n) is 4.76. The van der Waals surface area contributed by atoms with Crippen LogP contribution in [-0.4, -0.2) is 46.0 Å². The summed E-state index contributed by atoms with van der Waals surface area (Å²) in [6, 6.07) is 7.12. The van der Waals surface area contributed by atoms with Crippen molar-refractivity contribution in [1.82, 2.24) is 9.62 Å². The molecule has 0 saturated heterocycles. The molecule has 1 aromatic carbocycles. The summed E-state index contributed by atoms with van der Waals surface area (Å²) in [6.07, 6.45) is 0. The Hall–Kier alpha value is -1.11. The third kappa shape index (κ3) is 4.77. The molecule has 0 heterocycles. The molecule has 1 unspecified atom stereocenters. The fourth-order valence-corrected chi connectivity index (χ4v) is 2.78. The Balaban J connectivity index is 2.66. The van der Waals surface area contributed by atoms with E-state index in [0.29, 0.717) is 6.04 Å². The Labute approximate surface area is 122 Å². The van der Waals surface area contributed by atoms with Crippen LogP contribution in [0.15, 0.2) is 29.2 Å². The predicted octanol–water partition coefficient (Wildman–Crippen LogP) is 1.74. The molecule has 1 aromatic rings. The minimum absolute atomic E-state index is 0.280. The highest BCUT2D eigenvalue weighted by Gasteiger charge is 2.11. The fourth-order valence-electron chi connectivity index (χ4n) is 2.05. The summed E-state index contributed by atoms with van der Waals surface area (Å²) in [4.78, 5) is 2.62. The lowest BCUT2D eigenvalue weighted by molar-refractivity contribution is 0.295. The van der Waals surface area contributed by atoms with E-state index in [0.717, 1.165) is 25.3 Å². The van der Waals surface area contributed by atoms with Gasteiger partial charge in [-0.1, -0.05) is 13.8 Å². The summed E-state index contributed by atoms with van der Waals surface area (Å²) in [5.74, 6) is 0. The van der Waals surface area contributed by atoms with Gasteiger partial charge >= 0.3 is 0 Å². The highest BCUT2D eigenvalue weighted by atomic mass is 32.2. The Morgan fingerprint density at radius 1 is 1.15 bits per heavy atom. The lowest BCUT2D eigenvalue weighted by atomic mass is 10.2. The Morgan fingerprint density at radius 2 is 1.70 bits per heavy atom. The van der Waals surface area contributed by atoms with Crippen molar-refractivity contribution in [3.63, 3.8) is 0 Å². The number of hydrogen-bond donors (Lipinski definition) is 2. The highest BCUT2D eigenvalue weighted by Crippen LogP contribution is 2.14. The van der Waals surface area contributed by atoms with Crippen molar-refractivity contribution in [3.05, 3.63) is 24.3 Å². The van der Waals surface area contributed by atoms with E-state index in [1.807, 2.05) is 0 Å². The van der Waals surface area contributed by atoms with E-state index in [-0.39, 0.29) is 4.90 Å². The Morgan fingerprint density at radius 3 is 2.15 bits per heavy atom. The first kappa shape index (κ1) is 16.9. The molecule has 2 N–H and O–H groups in total. The number of anilines is 1. The maximum Gasteiger partial charge on any atom is 0.240 e. The molecule has 0 saturated carbocycles. The SMILES string of the molecule is CCN(CC)CC(C)Nc1ccc(S(=O)(=O)NC)cc1. The highest BCUT2D eigenvalue weighted by molar-refractivity contribution is 7.89. The van der Waals surface area contributed by atoms with Gasteiger partial charge in [-0.05, 0) is 51.3 Å². The van der Waals surface area contributed by atoms with Crippen molar-refractivity contribution in [2.24, 2.45) is 0 Å². The summed E-state index contributed by atoms with van der Waals surface area (Å²) in [5, 5.41) is 3.38. The van der Waals surface area contributed by atoms with Crippen LogP contribution in [0.4, 0.5) is 5.69 Å². The summed E-state index contributed by atoms with van der Waals surface area (Å²) < 4.78 is 25.5. The number of nitrogens with zero attached hydrogens (tertiary/aromatic N) is 1. The van der Waals surface area contributed by atoms with E-state index >= 15 is 0 Å². The molecule has 0 aliphatic heterocycles. The van der Waals surface area contributed by atoms with Crippen LogP contribution in [0, 0.1) is 0 Å². The molecule has 0 bridgehead atoms. The molecular weight excluding hydrogens is 274 g/mol. The van der Waals surface area contributed by atoms with Gasteiger partial charge in [0, 0.05) is 18.3 Å². The van der Waals surface area contributed by atoms with Crippen LogP contribution in [0.25, 0.3) is 0 Å². The first-order chi connectivity index (χ1) is 9.42. The quantitative estimate of drug-likeness (QED) is 0.767. The molecule has 0 aliphatic carbocycles. The lowest BCUT2D eigenvalue weighted by Gasteiger charge is -2.24. The van der Waals surface area contributed by atoms with Crippen LogP contribution in [0.3, 0.4) is 0 Å².